The maximum Gasteiger partial charge on any atom is 0.430 e. The van der Waals surface area contributed by atoms with Crippen molar-refractivity contribution in [2.45, 2.75) is 37.5 Å². The van der Waals surface area contributed by atoms with Crippen molar-refractivity contribution in [2.24, 2.45) is 25.6 Å². The molecule has 0 aliphatic rings. The highest BCUT2D eigenvalue weighted by Gasteiger charge is 2.30. The molecule has 4 heterocycles. The van der Waals surface area contributed by atoms with E-state index >= 15 is 0 Å². The number of halogens is 6. The Morgan fingerprint density at radius 3 is 1.10 bits per heavy atom. The number of hydrogen-bond donors (Lipinski definition) is 6. The molecule has 2 atom stereocenters. The fraction of sp³-hybridized carbons (Fsp3) is 0.152. The number of aromatic nitrogens is 4. The number of aliphatic carboxylic acids is 2. The Hall–Kier alpha value is -11.3. The number of carboxylic acid groups (broad SMARTS) is 2. The van der Waals surface area contributed by atoms with Gasteiger partial charge in [-0.2, -0.15) is 26.3 Å². The second-order valence-corrected chi connectivity index (χ2v) is 20.0. The zero-order chi connectivity index (χ0) is 65.5. The minimum absolute atomic E-state index is 0.00538. The molecule has 464 valence electrons. The van der Waals surface area contributed by atoms with Gasteiger partial charge < -0.3 is 60.5 Å². The molecule has 0 saturated carbocycles. The Bertz CT molecular complexity index is 3910. The number of benzene rings is 6. The molecule has 10 rings (SSSR count). The van der Waals surface area contributed by atoms with Gasteiger partial charge in [0.05, 0.1) is 37.3 Å². The van der Waals surface area contributed by atoms with Crippen LogP contribution in [-0.4, -0.2) is 71.1 Å². The fourth-order valence-electron chi connectivity index (χ4n) is 9.46. The number of nitrogens with one attached hydrogen (secondary N) is 4. The molecule has 0 aliphatic carbocycles. The molecule has 0 fully saturated rings. The van der Waals surface area contributed by atoms with Crippen molar-refractivity contribution in [3.05, 3.63) is 263 Å². The van der Waals surface area contributed by atoms with Crippen LogP contribution in [0.4, 0.5) is 26.3 Å². The number of amides is 2. The molecule has 24 heteroatoms. The molecule has 0 spiro atoms. The Balaban J connectivity index is 0.000000211. The zero-order valence-corrected chi connectivity index (χ0v) is 48.7. The van der Waals surface area contributed by atoms with E-state index in [1.807, 2.05) is 227 Å². The van der Waals surface area contributed by atoms with E-state index in [4.69, 9.17) is 51.6 Å². The number of carboxylic acids is 2. The summed E-state index contributed by atoms with van der Waals surface area (Å²) in [5, 5.41) is 41.5. The number of pyridine rings is 2. The maximum absolute atomic E-state index is 14.0. The molecule has 4 aromatic heterocycles. The molecule has 90 heavy (non-hydrogen) atoms. The Morgan fingerprint density at radius 1 is 0.489 bits per heavy atom. The van der Waals surface area contributed by atoms with Crippen molar-refractivity contribution < 1.29 is 74.3 Å². The molecule has 2 unspecified atom stereocenters. The van der Waals surface area contributed by atoms with Gasteiger partial charge in [-0.05, 0) is 81.9 Å². The highest BCUT2D eigenvalue weighted by molar-refractivity contribution is 6.02. The van der Waals surface area contributed by atoms with E-state index in [2.05, 4.69) is 10.6 Å². The van der Waals surface area contributed by atoms with Gasteiger partial charge >= 0.3 is 12.4 Å². The number of carbonyl (C=O) groups is 4. The third kappa shape index (κ3) is 17.0. The van der Waals surface area contributed by atoms with E-state index in [1.165, 1.54) is 0 Å². The fourth-order valence-corrected chi connectivity index (χ4v) is 9.46. The first-order chi connectivity index (χ1) is 42.8. The number of nitrogens with two attached hydrogens (primary N) is 2. The number of methoxy groups -OCH3 is 2. The van der Waals surface area contributed by atoms with Crippen molar-refractivity contribution in [1.82, 2.24) is 19.8 Å². The van der Waals surface area contributed by atoms with Gasteiger partial charge in [0.1, 0.15) is 60.6 Å². The molecule has 0 saturated heterocycles. The summed E-state index contributed by atoms with van der Waals surface area (Å²) in [5.41, 5.74) is 21.3. The summed E-state index contributed by atoms with van der Waals surface area (Å²) in [5.74, 6) is -5.01. The van der Waals surface area contributed by atoms with Crippen LogP contribution in [0.5, 0.6) is 11.5 Å². The van der Waals surface area contributed by atoms with Gasteiger partial charge in [-0.15, -0.1) is 0 Å². The smallest absolute Gasteiger partial charge is 0.430 e. The first kappa shape index (κ1) is 66.2. The lowest BCUT2D eigenvalue weighted by molar-refractivity contribution is -0.671. The number of ether oxygens (including phenoxy) is 2. The lowest BCUT2D eigenvalue weighted by Gasteiger charge is -2.20. The highest BCUT2D eigenvalue weighted by atomic mass is 19.4. The lowest BCUT2D eigenvalue weighted by atomic mass is 9.99. The Kier molecular flexibility index (Phi) is 21.6. The van der Waals surface area contributed by atoms with E-state index in [-0.39, 0.29) is 35.6 Å². The van der Waals surface area contributed by atoms with Crippen LogP contribution in [0.15, 0.2) is 207 Å². The third-order valence-corrected chi connectivity index (χ3v) is 13.8. The first-order valence-corrected chi connectivity index (χ1v) is 27.1. The predicted octanol–water partition coefficient (Wildman–Crippen LogP) is 7.25. The minimum Gasteiger partial charge on any atom is -0.542 e. The standard InChI is InChI=1S/2C31H29N5O2.2C2HF3O2/c2*1-35-16-14-23(15-17-35)29(22-9-4-3-5-10-22)34-31(37)27-19-25-26(12-7-13-28(25)38-2)36(27)20-21-8-6-11-24(18-21)30(32)33;2*3-2(4,5)1(6)7/h2*3-19,29H,20H2,1-2H3,(H3-,32,33,34,37);2*(H,6,7). The quantitative estimate of drug-likeness (QED) is 0.0244. The van der Waals surface area contributed by atoms with Crippen LogP contribution in [0.3, 0.4) is 0 Å². The van der Waals surface area contributed by atoms with Crippen LogP contribution in [-0.2, 0) is 36.8 Å². The molecule has 0 radical (unpaired) electrons. The number of aryl methyl sites for hydroxylation is 2. The van der Waals surface area contributed by atoms with Gasteiger partial charge in [0.15, 0.2) is 24.8 Å². The molecule has 18 nitrogen and oxygen atoms in total. The second-order valence-electron chi connectivity index (χ2n) is 20.0. The summed E-state index contributed by atoms with van der Waals surface area (Å²) < 4.78 is 82.2. The van der Waals surface area contributed by atoms with E-state index in [0.717, 1.165) is 55.2 Å². The molecule has 0 bridgehead atoms. The Labute approximate surface area is 511 Å². The average molecular weight is 1240 g/mol. The molecule has 6 aromatic carbocycles. The Morgan fingerprint density at radius 2 is 0.800 bits per heavy atom. The number of rotatable bonds is 16. The number of alkyl halides is 6. The summed E-state index contributed by atoms with van der Waals surface area (Å²) >= 11 is 0. The van der Waals surface area contributed by atoms with Gasteiger partial charge in [0.25, 0.3) is 11.8 Å². The van der Waals surface area contributed by atoms with Crippen molar-refractivity contribution in [2.75, 3.05) is 14.2 Å². The average Bonchev–Trinajstić information content (AvgIpc) is 1.99. The number of carbonyl (C=O) groups excluding carboxylic acids is 4. The summed E-state index contributed by atoms with van der Waals surface area (Å²) in [7, 11) is 7.19. The van der Waals surface area contributed by atoms with Gasteiger partial charge in [-0.25, -0.2) is 9.13 Å². The van der Waals surface area contributed by atoms with E-state index < -0.39 is 24.3 Å². The monoisotopic (exact) mass is 1230 g/mol. The van der Waals surface area contributed by atoms with Gasteiger partial charge in [-0.1, -0.05) is 109 Å². The van der Waals surface area contributed by atoms with Gasteiger partial charge in [0, 0.05) is 59.3 Å². The molecular weight excluding hydrogens is 1170 g/mol. The van der Waals surface area contributed by atoms with Crippen LogP contribution in [0, 0.1) is 10.8 Å². The van der Waals surface area contributed by atoms with Gasteiger partial charge in [0.2, 0.25) is 0 Å². The van der Waals surface area contributed by atoms with Crippen molar-refractivity contribution in [3.8, 4) is 11.5 Å². The lowest BCUT2D eigenvalue weighted by Crippen LogP contribution is -2.37. The topological polar surface area (TPSA) is 274 Å². The number of nitrogen functional groups attached to an aromatic ring is 2. The van der Waals surface area contributed by atoms with E-state index in [0.29, 0.717) is 47.1 Å². The van der Waals surface area contributed by atoms with Crippen LogP contribution in [0.2, 0.25) is 0 Å². The van der Waals surface area contributed by atoms with Crippen LogP contribution in [0.1, 0.15) is 77.6 Å². The summed E-state index contributed by atoms with van der Waals surface area (Å²) in [6, 6.07) is 57.7. The van der Waals surface area contributed by atoms with E-state index in [1.54, 1.807) is 26.4 Å². The molecule has 10 aromatic rings. The first-order valence-electron chi connectivity index (χ1n) is 27.1. The number of nitrogens with zero attached hydrogens (tertiary/aromatic N) is 4. The van der Waals surface area contributed by atoms with Gasteiger partial charge in [-0.3, -0.25) is 20.4 Å². The predicted molar refractivity (Wildman–Crippen MR) is 319 cm³/mol. The highest BCUT2D eigenvalue weighted by Crippen LogP contribution is 2.33. The number of fused-ring (bicyclic) bond motifs is 2. The number of amidine groups is 2. The summed E-state index contributed by atoms with van der Waals surface area (Å²) in [6.45, 7) is 0.857. The molecular formula is C66H60F6N10O8. The summed E-state index contributed by atoms with van der Waals surface area (Å²) in [6.07, 6.45) is -2.49. The normalized spacial score (nSPS) is 11.7. The van der Waals surface area contributed by atoms with Crippen molar-refractivity contribution in [1.29, 1.82) is 10.8 Å². The number of hydrogen-bond acceptors (Lipinski definition) is 10. The zero-order valence-electron chi connectivity index (χ0n) is 48.7. The largest absolute Gasteiger partial charge is 0.542 e. The van der Waals surface area contributed by atoms with Crippen molar-refractivity contribution >= 4 is 57.2 Å². The van der Waals surface area contributed by atoms with Crippen molar-refractivity contribution in [3.63, 3.8) is 0 Å². The molecule has 8 N–H and O–H groups in total. The SMILES string of the molecule is COc1cccc2c1cc(C(=O)NC(c1ccccc1)c1cc[n+](C)cc1)n2Cc1cccc(C(=N)N)c1.COc1cccc2c1cc(C(=O)NC(c1ccccc1)c1cc[n+](C)cc1)n2Cc1cccc(C(=N)N)c1.O=C([O-])C(F)(F)F.O=C([O-])C(F)(F)F. The maximum atomic E-state index is 14.0. The molecule has 2 amide bonds. The van der Waals surface area contributed by atoms with Crippen LogP contribution >= 0.6 is 0 Å². The van der Waals surface area contributed by atoms with Crippen LogP contribution < -0.4 is 50.9 Å². The van der Waals surface area contributed by atoms with Crippen LogP contribution in [0.25, 0.3) is 21.8 Å². The summed E-state index contributed by atoms with van der Waals surface area (Å²) in [4.78, 5) is 45.6. The molecule has 0 aliphatic heterocycles. The minimum atomic E-state index is -5.19. The van der Waals surface area contributed by atoms with E-state index in [9.17, 15) is 35.9 Å². The second kappa shape index (κ2) is 29.4. The third-order valence-electron chi connectivity index (χ3n) is 13.8.